The summed E-state index contributed by atoms with van der Waals surface area (Å²) in [6.45, 7) is 7.51. The van der Waals surface area contributed by atoms with Gasteiger partial charge < -0.3 is 9.64 Å². The lowest BCUT2D eigenvalue weighted by Gasteiger charge is -2.29. The zero-order chi connectivity index (χ0) is 23.0. The lowest BCUT2D eigenvalue weighted by Crippen LogP contribution is -2.36. The topological polar surface area (TPSA) is 103 Å². The van der Waals surface area contributed by atoms with E-state index < -0.39 is 9.73 Å². The fourth-order valence-corrected chi connectivity index (χ4v) is 5.49. The highest BCUT2D eigenvalue weighted by Crippen LogP contribution is 2.35. The summed E-state index contributed by atoms with van der Waals surface area (Å²) >= 11 is 0. The van der Waals surface area contributed by atoms with E-state index in [1.807, 2.05) is 50.4 Å². The number of rotatable bonds is 5. The van der Waals surface area contributed by atoms with Crippen molar-refractivity contribution < 1.29 is 8.95 Å². The second-order valence-electron chi connectivity index (χ2n) is 8.81. The summed E-state index contributed by atoms with van der Waals surface area (Å²) in [7, 11) is -2.82. The maximum absolute atomic E-state index is 12.8. The maximum Gasteiger partial charge on any atom is 0.130 e. The third-order valence-electron chi connectivity index (χ3n) is 6.42. The number of ether oxygens (including phenoxy) is 1. The van der Waals surface area contributed by atoms with Crippen LogP contribution in [0.2, 0.25) is 0 Å². The molecule has 0 aliphatic carbocycles. The zero-order valence-electron chi connectivity index (χ0n) is 19.0. The second-order valence-corrected chi connectivity index (χ2v) is 11.4. The molecular formula is C24H30N6O2S. The van der Waals surface area contributed by atoms with Crippen LogP contribution in [-0.2, 0) is 14.5 Å². The van der Waals surface area contributed by atoms with Gasteiger partial charge in [-0.3, -0.25) is 10.4 Å². The van der Waals surface area contributed by atoms with Gasteiger partial charge in [0, 0.05) is 41.4 Å². The van der Waals surface area contributed by atoms with Gasteiger partial charge >= 0.3 is 0 Å². The SMILES string of the molecule is CC(C)S(=N)(=O)c1ccc(-c2cc(N3CCOCC3)nc3c(C4CCNN4)nccc23)cc1. The Bertz CT molecular complexity index is 1250. The van der Waals surface area contributed by atoms with E-state index in [0.717, 1.165) is 59.6 Å². The molecule has 8 nitrogen and oxygen atoms in total. The number of fused-ring (bicyclic) bond motifs is 1. The molecule has 2 aliphatic rings. The summed E-state index contributed by atoms with van der Waals surface area (Å²) < 4.78 is 26.7. The number of hydrazine groups is 1. The lowest BCUT2D eigenvalue weighted by atomic mass is 9.99. The summed E-state index contributed by atoms with van der Waals surface area (Å²) in [5.74, 6) is 0.913. The zero-order valence-corrected chi connectivity index (χ0v) is 19.8. The summed E-state index contributed by atoms with van der Waals surface area (Å²) in [6, 6.07) is 11.9. The van der Waals surface area contributed by atoms with Gasteiger partial charge in [0.15, 0.2) is 0 Å². The molecule has 1 aromatic carbocycles. The predicted molar refractivity (Wildman–Crippen MR) is 131 cm³/mol. The number of pyridine rings is 2. The van der Waals surface area contributed by atoms with E-state index in [9.17, 15) is 4.21 Å². The van der Waals surface area contributed by atoms with Crippen molar-refractivity contribution in [3.05, 3.63) is 48.3 Å². The smallest absolute Gasteiger partial charge is 0.130 e. The van der Waals surface area contributed by atoms with Crippen LogP contribution in [0.3, 0.4) is 0 Å². The van der Waals surface area contributed by atoms with Crippen LogP contribution >= 0.6 is 0 Å². The Hall–Kier alpha value is -2.59. The van der Waals surface area contributed by atoms with Gasteiger partial charge in [-0.25, -0.2) is 19.4 Å². The normalized spacial score (nSPS) is 20.9. The standard InChI is InChI=1S/C24H30N6O2S/c1-16(2)33(25,31)18-5-3-17(4-6-18)20-15-22(30-11-13-32-14-12-30)28-23-19(20)7-9-26-24(23)21-8-10-27-29-21/h3-7,9,15-16,21,25,27,29H,8,10-14H2,1-2H3. The highest BCUT2D eigenvalue weighted by atomic mass is 32.2. The number of nitrogens with one attached hydrogen (secondary N) is 3. The first kappa shape index (κ1) is 22.2. The molecule has 0 amide bonds. The van der Waals surface area contributed by atoms with Gasteiger partial charge in [-0.2, -0.15) is 0 Å². The fraction of sp³-hybridized carbons (Fsp3) is 0.417. The van der Waals surface area contributed by atoms with Crippen LogP contribution < -0.4 is 15.8 Å². The maximum atomic E-state index is 12.8. The van der Waals surface area contributed by atoms with Crippen LogP contribution in [0.4, 0.5) is 5.82 Å². The van der Waals surface area contributed by atoms with E-state index in [2.05, 4.69) is 21.8 Å². The van der Waals surface area contributed by atoms with E-state index >= 15 is 0 Å². The first-order chi connectivity index (χ1) is 15.9. The van der Waals surface area contributed by atoms with Gasteiger partial charge in [0.2, 0.25) is 0 Å². The molecule has 3 N–H and O–H groups in total. The van der Waals surface area contributed by atoms with Crippen molar-refractivity contribution in [1.82, 2.24) is 20.8 Å². The van der Waals surface area contributed by atoms with Crippen LogP contribution in [-0.4, -0.2) is 52.3 Å². The van der Waals surface area contributed by atoms with Crippen LogP contribution in [0.5, 0.6) is 0 Å². The highest BCUT2D eigenvalue weighted by Gasteiger charge is 2.24. The second kappa shape index (κ2) is 8.98. The fourth-order valence-electron chi connectivity index (χ4n) is 4.40. The molecule has 9 heteroatoms. The molecule has 2 aliphatic heterocycles. The largest absolute Gasteiger partial charge is 0.378 e. The van der Waals surface area contributed by atoms with Gasteiger partial charge in [-0.1, -0.05) is 12.1 Å². The van der Waals surface area contributed by atoms with Crippen LogP contribution in [0.15, 0.2) is 47.5 Å². The first-order valence-electron chi connectivity index (χ1n) is 11.4. The molecule has 2 aromatic heterocycles. The molecule has 0 saturated carbocycles. The van der Waals surface area contributed by atoms with Gasteiger partial charge in [0.1, 0.15) is 5.82 Å². The molecule has 3 aromatic rings. The quantitative estimate of drug-likeness (QED) is 0.529. The number of morpholine rings is 1. The van der Waals surface area contributed by atoms with Crippen molar-refractivity contribution in [3.8, 4) is 11.1 Å². The van der Waals surface area contributed by atoms with Crippen molar-refractivity contribution in [2.24, 2.45) is 0 Å². The van der Waals surface area contributed by atoms with Crippen LogP contribution in [0.25, 0.3) is 22.0 Å². The molecular weight excluding hydrogens is 436 g/mol. The predicted octanol–water partition coefficient (Wildman–Crippen LogP) is 3.49. The summed E-state index contributed by atoms with van der Waals surface area (Å²) in [5, 5.41) is 0.799. The Morgan fingerprint density at radius 1 is 1.18 bits per heavy atom. The van der Waals surface area contributed by atoms with Crippen LogP contribution in [0, 0.1) is 4.78 Å². The van der Waals surface area contributed by atoms with Gasteiger partial charge in [0.05, 0.1) is 40.2 Å². The Balaban J connectivity index is 1.66. The Morgan fingerprint density at radius 2 is 1.94 bits per heavy atom. The van der Waals surface area contributed by atoms with E-state index in [1.54, 1.807) is 0 Å². The molecule has 0 bridgehead atoms. The molecule has 33 heavy (non-hydrogen) atoms. The number of benzene rings is 1. The first-order valence-corrected chi connectivity index (χ1v) is 13.1. The third-order valence-corrected chi connectivity index (χ3v) is 8.72. The molecule has 0 spiro atoms. The Morgan fingerprint density at radius 3 is 2.61 bits per heavy atom. The number of anilines is 1. The average molecular weight is 467 g/mol. The van der Waals surface area contributed by atoms with Crippen molar-refractivity contribution in [2.45, 2.75) is 36.5 Å². The monoisotopic (exact) mass is 466 g/mol. The van der Waals surface area contributed by atoms with Crippen LogP contribution in [0.1, 0.15) is 32.0 Å². The third kappa shape index (κ3) is 4.21. The van der Waals surface area contributed by atoms with E-state index in [0.29, 0.717) is 18.1 Å². The molecule has 5 rings (SSSR count). The molecule has 2 unspecified atom stereocenters. The average Bonchev–Trinajstić information content (AvgIpc) is 3.38. The minimum absolute atomic E-state index is 0.107. The summed E-state index contributed by atoms with van der Waals surface area (Å²) in [4.78, 5) is 12.6. The van der Waals surface area contributed by atoms with Crippen molar-refractivity contribution in [2.75, 3.05) is 37.7 Å². The number of aromatic nitrogens is 2. The van der Waals surface area contributed by atoms with Gasteiger partial charge in [0.25, 0.3) is 0 Å². The number of hydrogen-bond acceptors (Lipinski definition) is 8. The van der Waals surface area contributed by atoms with Gasteiger partial charge in [-0.05, 0) is 55.7 Å². The Kier molecular flexibility index (Phi) is 6.05. The summed E-state index contributed by atoms with van der Waals surface area (Å²) in [6.07, 6.45) is 2.80. The lowest BCUT2D eigenvalue weighted by molar-refractivity contribution is 0.122. The molecule has 0 radical (unpaired) electrons. The minimum atomic E-state index is -2.82. The number of hydrogen-bond donors (Lipinski definition) is 3. The molecule has 2 saturated heterocycles. The Labute approximate surface area is 194 Å². The summed E-state index contributed by atoms with van der Waals surface area (Å²) in [5.41, 5.74) is 10.4. The minimum Gasteiger partial charge on any atom is -0.378 e. The van der Waals surface area contributed by atoms with Crippen molar-refractivity contribution >= 4 is 26.4 Å². The van der Waals surface area contributed by atoms with Crippen molar-refractivity contribution in [3.63, 3.8) is 0 Å². The molecule has 4 heterocycles. The molecule has 174 valence electrons. The van der Waals surface area contributed by atoms with E-state index in [4.69, 9.17) is 19.5 Å². The van der Waals surface area contributed by atoms with E-state index in [-0.39, 0.29) is 11.3 Å². The number of nitrogens with zero attached hydrogens (tertiary/aromatic N) is 3. The highest BCUT2D eigenvalue weighted by molar-refractivity contribution is 7.93. The molecule has 2 fully saturated rings. The molecule has 2 atom stereocenters. The van der Waals surface area contributed by atoms with Crippen molar-refractivity contribution in [1.29, 1.82) is 4.78 Å². The van der Waals surface area contributed by atoms with E-state index in [1.165, 1.54) is 0 Å². The van der Waals surface area contributed by atoms with Gasteiger partial charge in [-0.15, -0.1) is 0 Å².